The summed E-state index contributed by atoms with van der Waals surface area (Å²) < 4.78 is 23.4. The number of halogens is 1. The van der Waals surface area contributed by atoms with Crippen molar-refractivity contribution >= 4 is 35.2 Å². The second-order valence-electron chi connectivity index (χ2n) is 14.0. The minimum atomic E-state index is -0.896. The molecule has 0 spiro atoms. The third-order valence-corrected chi connectivity index (χ3v) is 10.8. The van der Waals surface area contributed by atoms with Crippen molar-refractivity contribution in [3.63, 3.8) is 0 Å². The second kappa shape index (κ2) is 15.6. The number of benzene rings is 2. The Morgan fingerprint density at radius 1 is 1.02 bits per heavy atom. The number of anilines is 1. The largest absolute Gasteiger partial charge is 0.519 e. The van der Waals surface area contributed by atoms with Gasteiger partial charge in [-0.2, -0.15) is 0 Å². The summed E-state index contributed by atoms with van der Waals surface area (Å²) in [5, 5.41) is 6.12. The Bertz CT molecular complexity index is 2620. The molecule has 3 aromatic heterocycles. The first-order valence-electron chi connectivity index (χ1n) is 18.1. The maximum absolute atomic E-state index is 13.8. The van der Waals surface area contributed by atoms with Crippen molar-refractivity contribution in [2.45, 2.75) is 58.2 Å². The quantitative estimate of drug-likeness (QED) is 0.197. The van der Waals surface area contributed by atoms with Gasteiger partial charge in [-0.3, -0.25) is 23.9 Å². The van der Waals surface area contributed by atoms with Crippen molar-refractivity contribution in [3.8, 4) is 28.3 Å². The van der Waals surface area contributed by atoms with Crippen LogP contribution in [0.2, 0.25) is 5.02 Å². The van der Waals surface area contributed by atoms with Crippen LogP contribution < -0.4 is 32.4 Å². The molecular weight excluding hydrogens is 760 g/mol. The lowest BCUT2D eigenvalue weighted by Gasteiger charge is -2.31. The summed E-state index contributed by atoms with van der Waals surface area (Å²) in [7, 11) is 4.27. The van der Waals surface area contributed by atoms with Crippen LogP contribution >= 0.6 is 11.6 Å². The molecule has 0 unspecified atom stereocenters. The topological polar surface area (TPSA) is 197 Å². The number of pyridine rings is 1. The van der Waals surface area contributed by atoms with Gasteiger partial charge in [0.2, 0.25) is 11.8 Å². The molecule has 1 aliphatic carbocycles. The smallest absolute Gasteiger partial charge is 0.481 e. The average molecular weight is 799 g/mol. The van der Waals surface area contributed by atoms with E-state index >= 15 is 0 Å². The number of aryl methyl sites for hydroxylation is 3. The molecule has 17 heteroatoms. The van der Waals surface area contributed by atoms with Crippen molar-refractivity contribution in [2.75, 3.05) is 19.0 Å². The van der Waals surface area contributed by atoms with E-state index in [-0.39, 0.29) is 42.2 Å². The standard InChI is InChI=1S/C40H39ClN6O10/c1-20-24(8-7-11-28(20)43-35(49)27-18-45(3)38(51)46(4)37(27)50)25-9-6-10-26(34(25)41)29-16-22-12-14-30(33(22)36(44-29)54-5)47(17-23-13-15-32(48)42-23)39(52)55-19-31-21(2)56-40(53)57-31/h6-11,16,18,23,30H,12-15,17,19H2,1-5H3,(H,42,48)(H,43,49)/t23-,30+/m0/s1. The molecule has 2 atom stereocenters. The lowest BCUT2D eigenvalue weighted by molar-refractivity contribution is -0.119. The van der Waals surface area contributed by atoms with E-state index in [2.05, 4.69) is 10.6 Å². The van der Waals surface area contributed by atoms with Crippen LogP contribution in [-0.4, -0.2) is 56.6 Å². The first kappa shape index (κ1) is 38.8. The van der Waals surface area contributed by atoms with Crippen LogP contribution in [-0.2, 0) is 36.7 Å². The number of nitrogens with zero attached hydrogens (tertiary/aromatic N) is 4. The van der Waals surface area contributed by atoms with Crippen molar-refractivity contribution in [1.82, 2.24) is 24.3 Å². The first-order chi connectivity index (χ1) is 27.2. The van der Waals surface area contributed by atoms with Gasteiger partial charge in [-0.1, -0.05) is 41.9 Å². The van der Waals surface area contributed by atoms with E-state index in [1.165, 1.54) is 38.9 Å². The highest BCUT2D eigenvalue weighted by molar-refractivity contribution is 6.36. The number of hydrogen-bond acceptors (Lipinski definition) is 11. The minimum Gasteiger partial charge on any atom is -0.481 e. The summed E-state index contributed by atoms with van der Waals surface area (Å²) in [6.45, 7) is 3.20. The molecule has 7 rings (SSSR count). The molecule has 1 aliphatic heterocycles. The molecule has 2 aliphatic rings. The Hall–Kier alpha value is -6.42. The molecule has 5 aromatic rings. The Balaban J connectivity index is 1.19. The Morgan fingerprint density at radius 2 is 1.75 bits per heavy atom. The van der Waals surface area contributed by atoms with Gasteiger partial charge in [-0.15, -0.1) is 0 Å². The van der Waals surface area contributed by atoms with Crippen LogP contribution in [0.3, 0.4) is 0 Å². The van der Waals surface area contributed by atoms with Gasteiger partial charge < -0.3 is 33.5 Å². The first-order valence-corrected chi connectivity index (χ1v) is 18.5. The molecule has 2 N–H and O–H groups in total. The number of rotatable bonds is 10. The van der Waals surface area contributed by atoms with Crippen LogP contribution in [0.1, 0.15) is 63.9 Å². The highest BCUT2D eigenvalue weighted by atomic mass is 35.5. The van der Waals surface area contributed by atoms with E-state index in [0.717, 1.165) is 15.7 Å². The van der Waals surface area contributed by atoms with Gasteiger partial charge in [-0.25, -0.2) is 19.4 Å². The molecule has 296 valence electrons. The summed E-state index contributed by atoms with van der Waals surface area (Å²) in [5.74, 6) is -1.07. The van der Waals surface area contributed by atoms with Gasteiger partial charge in [0.25, 0.3) is 11.5 Å². The summed E-state index contributed by atoms with van der Waals surface area (Å²) in [6.07, 6.45) is 2.51. The zero-order valence-electron chi connectivity index (χ0n) is 31.8. The monoisotopic (exact) mass is 798 g/mol. The number of amides is 3. The lowest BCUT2D eigenvalue weighted by Crippen LogP contribution is -2.43. The van der Waals surface area contributed by atoms with Gasteiger partial charge in [0.05, 0.1) is 23.9 Å². The summed E-state index contributed by atoms with van der Waals surface area (Å²) >= 11 is 7.16. The van der Waals surface area contributed by atoms with Crippen LogP contribution in [0.5, 0.6) is 5.88 Å². The van der Waals surface area contributed by atoms with Crippen molar-refractivity contribution < 1.29 is 32.7 Å². The molecular formula is C40H39ClN6O10. The SMILES string of the molecule is COc1nc(-c2cccc(-c3cccc(NC(=O)c4cn(C)c(=O)n(C)c4=O)c3C)c2Cl)cc2c1[C@H](N(C[C@@H]1CCC(=O)N1)C(=O)OCc1oc(=O)oc1C)CC2. The summed E-state index contributed by atoms with van der Waals surface area (Å²) in [5.41, 5.74) is 3.81. The summed E-state index contributed by atoms with van der Waals surface area (Å²) in [6, 6.07) is 12.0. The fraction of sp³-hybridized carbons (Fsp3) is 0.325. The number of ether oxygens (including phenoxy) is 2. The van der Waals surface area contributed by atoms with E-state index in [1.54, 1.807) is 17.0 Å². The van der Waals surface area contributed by atoms with E-state index in [0.29, 0.717) is 70.2 Å². The molecule has 3 amide bonds. The van der Waals surface area contributed by atoms with Gasteiger partial charge in [0.1, 0.15) is 5.56 Å². The van der Waals surface area contributed by atoms with Crippen molar-refractivity contribution in [1.29, 1.82) is 0 Å². The molecule has 16 nitrogen and oxygen atoms in total. The molecule has 1 fully saturated rings. The third-order valence-electron chi connectivity index (χ3n) is 10.4. The molecule has 0 saturated carbocycles. The highest BCUT2D eigenvalue weighted by Gasteiger charge is 2.38. The molecule has 0 bridgehead atoms. The average Bonchev–Trinajstić information content (AvgIpc) is 3.90. The molecule has 0 radical (unpaired) electrons. The van der Waals surface area contributed by atoms with E-state index in [9.17, 15) is 28.8 Å². The lowest BCUT2D eigenvalue weighted by atomic mass is 9.96. The van der Waals surface area contributed by atoms with Crippen LogP contribution in [0.15, 0.2) is 71.9 Å². The van der Waals surface area contributed by atoms with Crippen LogP contribution in [0.4, 0.5) is 10.5 Å². The Kier molecular flexibility index (Phi) is 10.6. The zero-order chi connectivity index (χ0) is 40.7. The fourth-order valence-corrected chi connectivity index (χ4v) is 7.76. The highest BCUT2D eigenvalue weighted by Crippen LogP contribution is 2.45. The van der Waals surface area contributed by atoms with Crippen molar-refractivity contribution in [3.05, 3.63) is 119 Å². The van der Waals surface area contributed by atoms with Gasteiger partial charge in [0.15, 0.2) is 18.1 Å². The predicted octanol–water partition coefficient (Wildman–Crippen LogP) is 4.80. The molecule has 57 heavy (non-hydrogen) atoms. The number of aromatic nitrogens is 3. The van der Waals surface area contributed by atoms with Crippen molar-refractivity contribution in [2.24, 2.45) is 14.1 Å². The Morgan fingerprint density at radius 3 is 2.46 bits per heavy atom. The number of carbonyl (C=O) groups is 3. The number of methoxy groups -OCH3 is 1. The normalized spacial score (nSPS) is 15.9. The van der Waals surface area contributed by atoms with E-state index in [1.807, 2.05) is 37.3 Å². The van der Waals surface area contributed by atoms with Gasteiger partial charge in [-0.05, 0) is 61.9 Å². The van der Waals surface area contributed by atoms with Gasteiger partial charge in [0, 0.05) is 61.7 Å². The number of nitrogens with one attached hydrogen (secondary N) is 2. The van der Waals surface area contributed by atoms with Crippen LogP contribution in [0.25, 0.3) is 22.4 Å². The molecule has 1 saturated heterocycles. The van der Waals surface area contributed by atoms with Gasteiger partial charge >= 0.3 is 17.6 Å². The number of carbonyl (C=O) groups excluding carboxylic acids is 3. The van der Waals surface area contributed by atoms with E-state index in [4.69, 9.17) is 34.9 Å². The molecule has 2 aromatic carbocycles. The number of hydrogen-bond donors (Lipinski definition) is 2. The maximum Gasteiger partial charge on any atom is 0.519 e. The summed E-state index contributed by atoms with van der Waals surface area (Å²) in [4.78, 5) is 82.0. The Labute approximate surface area is 330 Å². The third kappa shape index (κ3) is 7.47. The maximum atomic E-state index is 13.8. The minimum absolute atomic E-state index is 0.0948. The zero-order valence-corrected chi connectivity index (χ0v) is 32.5. The van der Waals surface area contributed by atoms with Crippen LogP contribution in [0, 0.1) is 13.8 Å². The molecule has 4 heterocycles. The fourth-order valence-electron chi connectivity index (χ4n) is 7.44. The second-order valence-corrected chi connectivity index (χ2v) is 14.4. The van der Waals surface area contributed by atoms with E-state index < -0.39 is 35.1 Å². The number of fused-ring (bicyclic) bond motifs is 1. The predicted molar refractivity (Wildman–Crippen MR) is 207 cm³/mol.